The molecular formula is C24H27FN4O3S. The van der Waals surface area contributed by atoms with Crippen LogP contribution < -0.4 is 10.1 Å². The quantitative estimate of drug-likeness (QED) is 0.326. The van der Waals surface area contributed by atoms with E-state index in [1.807, 2.05) is 4.57 Å². The number of ketones is 1. The minimum absolute atomic E-state index is 0.0306. The van der Waals surface area contributed by atoms with Crippen LogP contribution in [0.25, 0.3) is 0 Å². The Morgan fingerprint density at radius 3 is 2.42 bits per heavy atom. The van der Waals surface area contributed by atoms with Gasteiger partial charge in [0.05, 0.1) is 5.75 Å². The summed E-state index contributed by atoms with van der Waals surface area (Å²) in [5.41, 5.74) is 1.20. The van der Waals surface area contributed by atoms with Crippen molar-refractivity contribution in [2.24, 2.45) is 5.92 Å². The van der Waals surface area contributed by atoms with E-state index in [1.54, 1.807) is 49.4 Å². The highest BCUT2D eigenvalue weighted by Crippen LogP contribution is 2.27. The first-order chi connectivity index (χ1) is 15.7. The van der Waals surface area contributed by atoms with Crippen molar-refractivity contribution in [2.45, 2.75) is 45.5 Å². The second-order valence-electron chi connectivity index (χ2n) is 8.01. The molecule has 0 aliphatic carbocycles. The molecule has 9 heteroatoms. The maximum Gasteiger partial charge on any atom is 0.234 e. The number of ether oxygens (including phenoxy) is 1. The number of para-hydroxylation sites is 1. The molecule has 0 fully saturated rings. The third-order valence-electron chi connectivity index (χ3n) is 4.70. The number of Topliss-reactive ketones (excluding diaryl/α,β-unsaturated/α-hetero) is 1. The molecule has 7 nitrogen and oxygen atoms in total. The normalized spacial score (nSPS) is 11.9. The molecule has 1 heterocycles. The Morgan fingerprint density at radius 2 is 1.79 bits per heavy atom. The van der Waals surface area contributed by atoms with Gasteiger partial charge in [-0.3, -0.25) is 9.59 Å². The smallest absolute Gasteiger partial charge is 0.234 e. The van der Waals surface area contributed by atoms with E-state index in [0.29, 0.717) is 34.7 Å². The minimum Gasteiger partial charge on any atom is -0.480 e. The van der Waals surface area contributed by atoms with Crippen LogP contribution in [0, 0.1) is 11.7 Å². The first-order valence-corrected chi connectivity index (χ1v) is 11.6. The topological polar surface area (TPSA) is 86.1 Å². The van der Waals surface area contributed by atoms with Gasteiger partial charge in [-0.2, -0.15) is 0 Å². The van der Waals surface area contributed by atoms with Crippen molar-refractivity contribution in [3.05, 3.63) is 65.7 Å². The number of nitrogens with zero attached hydrogens (tertiary/aromatic N) is 3. The molecule has 0 saturated heterocycles. The van der Waals surface area contributed by atoms with Crippen LogP contribution in [-0.2, 0) is 11.3 Å². The van der Waals surface area contributed by atoms with E-state index in [1.165, 1.54) is 24.8 Å². The Bertz CT molecular complexity index is 1120. The number of carbonyl (C=O) groups excluding carboxylic acids is 2. The van der Waals surface area contributed by atoms with Crippen LogP contribution in [0.5, 0.6) is 5.75 Å². The molecule has 1 amide bonds. The van der Waals surface area contributed by atoms with E-state index in [-0.39, 0.29) is 23.2 Å². The van der Waals surface area contributed by atoms with Crippen molar-refractivity contribution in [3.8, 4) is 5.75 Å². The van der Waals surface area contributed by atoms with Crippen LogP contribution in [0.1, 0.15) is 50.0 Å². The first-order valence-electron chi connectivity index (χ1n) is 10.6. The summed E-state index contributed by atoms with van der Waals surface area (Å²) in [7, 11) is 0. The summed E-state index contributed by atoms with van der Waals surface area (Å²) in [5.74, 6) is 0.468. The van der Waals surface area contributed by atoms with Crippen molar-refractivity contribution in [1.29, 1.82) is 0 Å². The summed E-state index contributed by atoms with van der Waals surface area (Å²) in [4.78, 5) is 23.8. The zero-order valence-electron chi connectivity index (χ0n) is 19.0. The van der Waals surface area contributed by atoms with Gasteiger partial charge in [-0.25, -0.2) is 4.39 Å². The van der Waals surface area contributed by atoms with Crippen LogP contribution in [0.3, 0.4) is 0 Å². The molecule has 0 saturated carbocycles. The molecular weight excluding hydrogens is 443 g/mol. The van der Waals surface area contributed by atoms with Crippen molar-refractivity contribution in [3.63, 3.8) is 0 Å². The summed E-state index contributed by atoms with van der Waals surface area (Å²) in [5, 5.41) is 11.9. The number of anilines is 1. The number of carbonyl (C=O) groups is 2. The van der Waals surface area contributed by atoms with Gasteiger partial charge in [-0.1, -0.05) is 37.7 Å². The number of rotatable bonds is 10. The van der Waals surface area contributed by atoms with Crippen molar-refractivity contribution in [2.75, 3.05) is 11.1 Å². The van der Waals surface area contributed by atoms with Crippen molar-refractivity contribution >= 4 is 29.1 Å². The van der Waals surface area contributed by atoms with Crippen LogP contribution >= 0.6 is 11.8 Å². The lowest BCUT2D eigenvalue weighted by atomic mass is 10.1. The van der Waals surface area contributed by atoms with Gasteiger partial charge in [0, 0.05) is 17.8 Å². The summed E-state index contributed by atoms with van der Waals surface area (Å²) >= 11 is 1.27. The van der Waals surface area contributed by atoms with E-state index in [9.17, 15) is 14.0 Å². The number of thioether (sulfide) groups is 1. The van der Waals surface area contributed by atoms with Gasteiger partial charge in [0.1, 0.15) is 0 Å². The largest absolute Gasteiger partial charge is 0.480 e. The van der Waals surface area contributed by atoms with Crippen LogP contribution in [0.4, 0.5) is 10.1 Å². The van der Waals surface area contributed by atoms with Crippen LogP contribution in [0.2, 0.25) is 0 Å². The number of benzene rings is 2. The molecule has 2 aromatic carbocycles. The Balaban J connectivity index is 1.68. The van der Waals surface area contributed by atoms with E-state index in [0.717, 1.165) is 0 Å². The molecule has 1 aromatic heterocycles. The summed E-state index contributed by atoms with van der Waals surface area (Å²) in [6, 6.07) is 13.0. The van der Waals surface area contributed by atoms with E-state index in [4.69, 9.17) is 4.74 Å². The average molecular weight is 471 g/mol. The van der Waals surface area contributed by atoms with E-state index in [2.05, 4.69) is 29.4 Å². The first kappa shape index (κ1) is 24.4. The summed E-state index contributed by atoms with van der Waals surface area (Å²) in [6.45, 7) is 8.05. The Labute approximate surface area is 196 Å². The van der Waals surface area contributed by atoms with Crippen LogP contribution in [-0.4, -0.2) is 32.2 Å². The molecule has 0 aliphatic rings. The summed E-state index contributed by atoms with van der Waals surface area (Å²) < 4.78 is 21.7. The van der Waals surface area contributed by atoms with E-state index >= 15 is 0 Å². The molecule has 33 heavy (non-hydrogen) atoms. The summed E-state index contributed by atoms with van der Waals surface area (Å²) in [6.07, 6.45) is -0.531. The lowest BCUT2D eigenvalue weighted by Gasteiger charge is -2.18. The molecule has 0 spiro atoms. The standard InChI is InChI=1S/C24H27FN4O3S/c1-15(2)13-29-23(17(4)32-21-8-6-5-7-20(21)25)27-28-24(29)33-14-22(31)26-19-11-9-18(10-12-19)16(3)30/h5-12,15,17H,13-14H2,1-4H3,(H,26,31). The van der Waals surface area contributed by atoms with Gasteiger partial charge in [0.15, 0.2) is 34.4 Å². The molecule has 3 aromatic rings. The number of hydrogen-bond donors (Lipinski definition) is 1. The molecule has 0 radical (unpaired) electrons. The molecule has 1 N–H and O–H groups in total. The fraction of sp³-hybridized carbons (Fsp3) is 0.333. The monoisotopic (exact) mass is 470 g/mol. The van der Waals surface area contributed by atoms with Crippen molar-refractivity contribution in [1.82, 2.24) is 14.8 Å². The molecule has 174 valence electrons. The zero-order chi connectivity index (χ0) is 24.0. The van der Waals surface area contributed by atoms with Gasteiger partial charge in [-0.15, -0.1) is 10.2 Å². The lowest BCUT2D eigenvalue weighted by Crippen LogP contribution is -2.17. The highest BCUT2D eigenvalue weighted by molar-refractivity contribution is 7.99. The Kier molecular flexibility index (Phi) is 8.21. The van der Waals surface area contributed by atoms with E-state index < -0.39 is 11.9 Å². The van der Waals surface area contributed by atoms with Crippen molar-refractivity contribution < 1.29 is 18.7 Å². The number of hydrogen-bond acceptors (Lipinski definition) is 6. The second-order valence-corrected chi connectivity index (χ2v) is 8.95. The molecule has 0 aliphatic heterocycles. The highest BCUT2D eigenvalue weighted by Gasteiger charge is 2.22. The second kappa shape index (κ2) is 11.1. The fourth-order valence-corrected chi connectivity index (χ4v) is 3.90. The van der Waals surface area contributed by atoms with Gasteiger partial charge < -0.3 is 14.6 Å². The number of amides is 1. The predicted molar refractivity (Wildman–Crippen MR) is 126 cm³/mol. The molecule has 3 rings (SSSR count). The third kappa shape index (κ3) is 6.64. The Hall–Kier alpha value is -3.20. The van der Waals surface area contributed by atoms with Gasteiger partial charge in [-0.05, 0) is 56.2 Å². The molecule has 1 atom stereocenters. The SMILES string of the molecule is CC(=O)c1ccc(NC(=O)CSc2nnc(C(C)Oc3ccccc3F)n2CC(C)C)cc1. The lowest BCUT2D eigenvalue weighted by molar-refractivity contribution is -0.113. The molecule has 0 bridgehead atoms. The highest BCUT2D eigenvalue weighted by atomic mass is 32.2. The number of aromatic nitrogens is 3. The predicted octanol–water partition coefficient (Wildman–Crippen LogP) is 5.15. The number of nitrogens with one attached hydrogen (secondary N) is 1. The van der Waals surface area contributed by atoms with Gasteiger partial charge in [0.2, 0.25) is 5.91 Å². The van der Waals surface area contributed by atoms with Crippen LogP contribution in [0.15, 0.2) is 53.7 Å². The molecule has 1 unspecified atom stereocenters. The third-order valence-corrected chi connectivity index (χ3v) is 5.67. The maximum absolute atomic E-state index is 14.0. The average Bonchev–Trinajstić information content (AvgIpc) is 3.16. The fourth-order valence-electron chi connectivity index (χ4n) is 3.14. The van der Waals surface area contributed by atoms with Gasteiger partial charge >= 0.3 is 0 Å². The van der Waals surface area contributed by atoms with Gasteiger partial charge in [0.25, 0.3) is 0 Å². The zero-order valence-corrected chi connectivity index (χ0v) is 19.9. The maximum atomic E-state index is 14.0. The minimum atomic E-state index is -0.531. The number of halogens is 1. The Morgan fingerprint density at radius 1 is 1.09 bits per heavy atom.